The van der Waals surface area contributed by atoms with Crippen LogP contribution in [-0.4, -0.2) is 40.6 Å². The van der Waals surface area contributed by atoms with Crippen molar-refractivity contribution in [2.24, 2.45) is 5.10 Å². The van der Waals surface area contributed by atoms with Gasteiger partial charge in [0, 0.05) is 30.6 Å². The molecule has 0 saturated carbocycles. The van der Waals surface area contributed by atoms with Crippen LogP contribution in [0.1, 0.15) is 44.4 Å². The van der Waals surface area contributed by atoms with Crippen LogP contribution in [0, 0.1) is 11.6 Å². The van der Waals surface area contributed by atoms with Gasteiger partial charge < -0.3 is 9.64 Å². The summed E-state index contributed by atoms with van der Waals surface area (Å²) in [7, 11) is 0. The monoisotopic (exact) mass is 557 g/mol. The van der Waals surface area contributed by atoms with Crippen molar-refractivity contribution in [2.75, 3.05) is 13.2 Å². The first-order valence-corrected chi connectivity index (χ1v) is 13.8. The maximum absolute atomic E-state index is 13.6. The second-order valence-corrected chi connectivity index (χ2v) is 10.7. The van der Waals surface area contributed by atoms with Crippen molar-refractivity contribution in [2.45, 2.75) is 25.4 Å². The third kappa shape index (κ3) is 5.24. The molecule has 0 aliphatic carbocycles. The largest absolute Gasteiger partial charge is 0.483 e. The van der Waals surface area contributed by atoms with Crippen molar-refractivity contribution in [1.82, 2.24) is 9.91 Å². The van der Waals surface area contributed by atoms with Gasteiger partial charge in [-0.15, -0.1) is 11.3 Å². The molecule has 6 rings (SSSR count). The molecule has 0 unspecified atom stereocenters. The first-order chi connectivity index (χ1) is 19.5. The molecule has 3 heterocycles. The Kier molecular flexibility index (Phi) is 7.13. The summed E-state index contributed by atoms with van der Waals surface area (Å²) in [6.07, 6.45) is 1.08. The summed E-state index contributed by atoms with van der Waals surface area (Å²) in [4.78, 5) is 29.4. The fourth-order valence-electron chi connectivity index (χ4n) is 5.12. The van der Waals surface area contributed by atoms with E-state index in [2.05, 4.69) is 5.10 Å². The van der Waals surface area contributed by atoms with Crippen molar-refractivity contribution < 1.29 is 23.1 Å². The highest BCUT2D eigenvalue weighted by Gasteiger charge is 2.34. The predicted molar refractivity (Wildman–Crippen MR) is 148 cm³/mol. The number of hydrazone groups is 1. The number of rotatable bonds is 7. The molecule has 0 radical (unpaired) electrons. The summed E-state index contributed by atoms with van der Waals surface area (Å²) in [6.45, 7) is 0.597. The van der Waals surface area contributed by atoms with E-state index >= 15 is 0 Å². The number of carbonyl (C=O) groups is 2. The molecule has 4 aromatic rings. The van der Waals surface area contributed by atoms with E-state index in [9.17, 15) is 18.4 Å². The van der Waals surface area contributed by atoms with Crippen LogP contribution in [0.25, 0.3) is 0 Å². The third-order valence-electron chi connectivity index (χ3n) is 7.15. The molecule has 0 fully saturated rings. The lowest BCUT2D eigenvalue weighted by atomic mass is 9.97. The Balaban J connectivity index is 1.18. The minimum Gasteiger partial charge on any atom is -0.483 e. The van der Waals surface area contributed by atoms with Crippen molar-refractivity contribution in [3.63, 3.8) is 0 Å². The number of halogens is 2. The molecule has 9 heteroatoms. The number of benzene rings is 3. The second-order valence-electron chi connectivity index (χ2n) is 9.71. The number of carbonyl (C=O) groups excluding carboxylic acids is 2. The normalized spacial score (nSPS) is 16.6. The Morgan fingerprint density at radius 1 is 0.975 bits per heavy atom. The fraction of sp³-hybridized carbons (Fsp3) is 0.194. The van der Waals surface area contributed by atoms with Gasteiger partial charge in [-0.1, -0.05) is 36.4 Å². The summed E-state index contributed by atoms with van der Waals surface area (Å²) >= 11 is 1.55. The highest BCUT2D eigenvalue weighted by Crippen LogP contribution is 2.34. The Bertz CT molecular complexity index is 1570. The van der Waals surface area contributed by atoms with Gasteiger partial charge in [-0.2, -0.15) is 5.10 Å². The lowest BCUT2D eigenvalue weighted by Gasteiger charge is -2.30. The van der Waals surface area contributed by atoms with Crippen molar-refractivity contribution in [3.05, 3.63) is 123 Å². The number of hydrogen-bond acceptors (Lipinski definition) is 5. The Morgan fingerprint density at radius 2 is 1.73 bits per heavy atom. The van der Waals surface area contributed by atoms with Gasteiger partial charge in [0.05, 0.1) is 16.6 Å². The molecule has 2 aliphatic heterocycles. The number of ether oxygens (including phenoxy) is 1. The lowest BCUT2D eigenvalue weighted by Crippen LogP contribution is -2.37. The van der Waals surface area contributed by atoms with E-state index in [0.29, 0.717) is 37.2 Å². The Hall–Kier alpha value is -4.37. The average Bonchev–Trinajstić information content (AvgIpc) is 3.66. The molecule has 2 aliphatic rings. The van der Waals surface area contributed by atoms with Crippen LogP contribution >= 0.6 is 11.3 Å². The van der Waals surface area contributed by atoms with Crippen LogP contribution in [0.3, 0.4) is 0 Å². The quantitative estimate of drug-likeness (QED) is 0.281. The predicted octanol–water partition coefficient (Wildman–Crippen LogP) is 5.98. The van der Waals surface area contributed by atoms with Crippen molar-refractivity contribution >= 4 is 28.9 Å². The number of nitrogens with zero attached hydrogens (tertiary/aromatic N) is 3. The molecule has 2 amide bonds. The summed E-state index contributed by atoms with van der Waals surface area (Å²) in [5.74, 6) is -0.647. The Labute approximate surface area is 234 Å². The molecule has 0 saturated heterocycles. The van der Waals surface area contributed by atoms with E-state index in [1.165, 1.54) is 29.3 Å². The zero-order valence-electron chi connectivity index (χ0n) is 21.4. The SMILES string of the molecule is O=C1c2cccc(OCC(=O)N3N=C(c4cccs4)C[C@@H]3c3ccc(F)cc3)c2CCN1Cc1ccc(F)cc1. The van der Waals surface area contributed by atoms with Gasteiger partial charge in [-0.05, 0) is 65.4 Å². The number of thiophene rings is 1. The van der Waals surface area contributed by atoms with Gasteiger partial charge in [-0.25, -0.2) is 13.8 Å². The molecule has 0 bridgehead atoms. The smallest absolute Gasteiger partial charge is 0.281 e. The second kappa shape index (κ2) is 11.0. The van der Waals surface area contributed by atoms with Crippen LogP contribution < -0.4 is 4.74 Å². The maximum Gasteiger partial charge on any atom is 0.281 e. The highest BCUT2D eigenvalue weighted by molar-refractivity contribution is 7.12. The molecule has 0 spiro atoms. The summed E-state index contributed by atoms with van der Waals surface area (Å²) in [6, 6.07) is 21.0. The molecule has 1 aromatic heterocycles. The van der Waals surface area contributed by atoms with Gasteiger partial charge in [0.1, 0.15) is 17.4 Å². The average molecular weight is 558 g/mol. The van der Waals surface area contributed by atoms with Crippen LogP contribution in [-0.2, 0) is 17.8 Å². The van der Waals surface area contributed by atoms with E-state index < -0.39 is 0 Å². The number of hydrogen-bond donors (Lipinski definition) is 0. The number of amides is 2. The standard InChI is InChI=1S/C31H25F2N3O3S/c32-22-10-6-20(7-11-22)18-35-15-14-24-25(31(35)38)3-1-4-28(24)39-19-30(37)36-27(21-8-12-23(33)13-9-21)17-26(34-36)29-5-2-16-40-29/h1-13,16,27H,14-15,17-19H2/t27-/m1/s1. The van der Waals surface area contributed by atoms with Gasteiger partial charge in [0.2, 0.25) is 0 Å². The fourth-order valence-corrected chi connectivity index (χ4v) is 5.84. The molecular formula is C31H25F2N3O3S. The summed E-state index contributed by atoms with van der Waals surface area (Å²) in [5.41, 5.74) is 3.72. The van der Waals surface area contributed by atoms with E-state index in [-0.39, 0.29) is 36.1 Å². The molecule has 40 heavy (non-hydrogen) atoms. The lowest BCUT2D eigenvalue weighted by molar-refractivity contribution is -0.135. The van der Waals surface area contributed by atoms with Gasteiger partial charge in [0.25, 0.3) is 11.8 Å². The zero-order valence-corrected chi connectivity index (χ0v) is 22.2. The molecule has 6 nitrogen and oxygen atoms in total. The molecule has 3 aromatic carbocycles. The summed E-state index contributed by atoms with van der Waals surface area (Å²) < 4.78 is 32.9. The third-order valence-corrected chi connectivity index (χ3v) is 8.07. The highest BCUT2D eigenvalue weighted by atomic mass is 32.1. The number of fused-ring (bicyclic) bond motifs is 1. The Morgan fingerprint density at radius 3 is 2.45 bits per heavy atom. The van der Waals surface area contributed by atoms with Crippen LogP contribution in [0.15, 0.2) is 89.3 Å². The van der Waals surface area contributed by atoms with Crippen molar-refractivity contribution in [1.29, 1.82) is 0 Å². The zero-order chi connectivity index (χ0) is 27.6. The van der Waals surface area contributed by atoms with E-state index in [1.54, 1.807) is 58.7 Å². The van der Waals surface area contributed by atoms with Crippen LogP contribution in [0.4, 0.5) is 8.78 Å². The molecular weight excluding hydrogens is 532 g/mol. The first-order valence-electron chi connectivity index (χ1n) is 12.9. The van der Waals surface area contributed by atoms with E-state index in [4.69, 9.17) is 4.74 Å². The van der Waals surface area contributed by atoms with Crippen LogP contribution in [0.5, 0.6) is 5.75 Å². The molecule has 0 N–H and O–H groups in total. The minimum absolute atomic E-state index is 0.136. The van der Waals surface area contributed by atoms with E-state index in [0.717, 1.165) is 27.3 Å². The molecule has 202 valence electrons. The van der Waals surface area contributed by atoms with Gasteiger partial charge in [-0.3, -0.25) is 9.59 Å². The minimum atomic E-state index is -0.375. The van der Waals surface area contributed by atoms with E-state index in [1.807, 2.05) is 17.5 Å². The first kappa shape index (κ1) is 25.9. The topological polar surface area (TPSA) is 62.2 Å². The maximum atomic E-state index is 13.6. The van der Waals surface area contributed by atoms with Gasteiger partial charge >= 0.3 is 0 Å². The van der Waals surface area contributed by atoms with Crippen molar-refractivity contribution in [3.8, 4) is 5.75 Å². The molecule has 1 atom stereocenters. The summed E-state index contributed by atoms with van der Waals surface area (Å²) in [5, 5.41) is 8.01. The van der Waals surface area contributed by atoms with Gasteiger partial charge in [0.15, 0.2) is 6.61 Å². The van der Waals surface area contributed by atoms with Crippen LogP contribution in [0.2, 0.25) is 0 Å².